The highest BCUT2D eigenvalue weighted by Crippen LogP contribution is 2.13. The molecule has 1 rings (SSSR count). The van der Waals surface area contributed by atoms with E-state index < -0.39 is 5.54 Å². The van der Waals surface area contributed by atoms with Gasteiger partial charge in [0.2, 0.25) is 0 Å². The smallest absolute Gasteiger partial charge is 0.0843 e. The first-order chi connectivity index (χ1) is 5.06. The van der Waals surface area contributed by atoms with E-state index in [-0.39, 0.29) is 6.61 Å². The van der Waals surface area contributed by atoms with Crippen LogP contribution in [0.3, 0.4) is 0 Å². The van der Waals surface area contributed by atoms with Gasteiger partial charge in [-0.3, -0.25) is 4.68 Å². The van der Waals surface area contributed by atoms with E-state index in [4.69, 9.17) is 10.8 Å². The van der Waals surface area contributed by atoms with Crippen LogP contribution in [0.15, 0.2) is 12.3 Å². The number of aliphatic hydroxyl groups excluding tert-OH is 1. The largest absolute Gasteiger partial charge is 0.394 e. The van der Waals surface area contributed by atoms with E-state index >= 15 is 0 Å². The van der Waals surface area contributed by atoms with Crippen LogP contribution in [-0.4, -0.2) is 21.5 Å². The highest BCUT2D eigenvalue weighted by molar-refractivity contribution is 5.11. The van der Waals surface area contributed by atoms with Crippen molar-refractivity contribution in [2.24, 2.45) is 12.8 Å². The molecular formula is C7H13N3O. The molecule has 0 aliphatic carbocycles. The van der Waals surface area contributed by atoms with Crippen LogP contribution >= 0.6 is 0 Å². The molecule has 0 radical (unpaired) electrons. The molecule has 0 bridgehead atoms. The summed E-state index contributed by atoms with van der Waals surface area (Å²) in [5.74, 6) is 0. The Morgan fingerprint density at radius 1 is 1.82 bits per heavy atom. The third-order valence-electron chi connectivity index (χ3n) is 1.63. The summed E-state index contributed by atoms with van der Waals surface area (Å²) < 4.78 is 1.66. The van der Waals surface area contributed by atoms with Crippen molar-refractivity contribution in [1.29, 1.82) is 0 Å². The minimum Gasteiger partial charge on any atom is -0.394 e. The average molecular weight is 155 g/mol. The third kappa shape index (κ3) is 1.58. The maximum Gasteiger partial charge on any atom is 0.0843 e. The number of hydrogen-bond acceptors (Lipinski definition) is 3. The molecule has 0 amide bonds. The van der Waals surface area contributed by atoms with Gasteiger partial charge in [-0.1, -0.05) is 0 Å². The fourth-order valence-corrected chi connectivity index (χ4v) is 0.801. The van der Waals surface area contributed by atoms with E-state index in [0.29, 0.717) is 5.69 Å². The molecule has 1 aromatic heterocycles. The minimum absolute atomic E-state index is 0.0932. The lowest BCUT2D eigenvalue weighted by Crippen LogP contribution is -2.37. The first-order valence-electron chi connectivity index (χ1n) is 3.46. The fourth-order valence-electron chi connectivity index (χ4n) is 0.801. The molecule has 1 heterocycles. The minimum atomic E-state index is -0.721. The summed E-state index contributed by atoms with van der Waals surface area (Å²) in [7, 11) is 1.82. The first-order valence-corrected chi connectivity index (χ1v) is 3.46. The Morgan fingerprint density at radius 2 is 2.45 bits per heavy atom. The molecule has 0 fully saturated rings. The van der Waals surface area contributed by atoms with E-state index in [1.807, 2.05) is 7.05 Å². The number of nitrogens with zero attached hydrogens (tertiary/aromatic N) is 2. The Hall–Kier alpha value is -0.870. The molecule has 4 nitrogen and oxygen atoms in total. The summed E-state index contributed by atoms with van der Waals surface area (Å²) in [6.07, 6.45) is 1.80. The van der Waals surface area contributed by atoms with Gasteiger partial charge >= 0.3 is 0 Å². The van der Waals surface area contributed by atoms with Crippen LogP contribution in [0.25, 0.3) is 0 Å². The van der Waals surface area contributed by atoms with E-state index in [1.165, 1.54) is 0 Å². The van der Waals surface area contributed by atoms with Crippen LogP contribution in [0.4, 0.5) is 0 Å². The molecule has 0 spiro atoms. The number of aryl methyl sites for hydroxylation is 1. The van der Waals surface area contributed by atoms with Crippen LogP contribution in [0, 0.1) is 0 Å². The second kappa shape index (κ2) is 2.64. The highest BCUT2D eigenvalue weighted by atomic mass is 16.3. The van der Waals surface area contributed by atoms with Crippen molar-refractivity contribution in [3.63, 3.8) is 0 Å². The summed E-state index contributed by atoms with van der Waals surface area (Å²) in [4.78, 5) is 0. The zero-order chi connectivity index (χ0) is 8.48. The molecule has 0 aliphatic rings. The fraction of sp³-hybridized carbons (Fsp3) is 0.571. The number of rotatable bonds is 2. The molecular weight excluding hydrogens is 142 g/mol. The molecule has 4 heteroatoms. The highest BCUT2D eigenvalue weighted by Gasteiger charge is 2.22. The van der Waals surface area contributed by atoms with E-state index in [0.717, 1.165) is 0 Å². The Labute approximate surface area is 65.6 Å². The van der Waals surface area contributed by atoms with Crippen molar-refractivity contribution < 1.29 is 5.11 Å². The van der Waals surface area contributed by atoms with Crippen molar-refractivity contribution in [3.05, 3.63) is 18.0 Å². The number of nitrogens with two attached hydrogens (primary N) is 1. The normalized spacial score (nSPS) is 16.4. The molecule has 1 aromatic rings. The second-order valence-corrected chi connectivity index (χ2v) is 2.95. The molecule has 0 saturated carbocycles. The Morgan fingerprint density at radius 3 is 2.82 bits per heavy atom. The standard InChI is InChI=1S/C7H13N3O/c1-7(8,5-11)6-3-4-10(2)9-6/h3-4,11H,5,8H2,1-2H3. The van der Waals surface area contributed by atoms with E-state index in [1.54, 1.807) is 23.9 Å². The van der Waals surface area contributed by atoms with Gasteiger partial charge in [-0.2, -0.15) is 5.10 Å². The quantitative estimate of drug-likeness (QED) is 0.610. The lowest BCUT2D eigenvalue weighted by atomic mass is 10.0. The molecule has 11 heavy (non-hydrogen) atoms. The molecule has 0 aromatic carbocycles. The summed E-state index contributed by atoms with van der Waals surface area (Å²) in [6, 6.07) is 1.80. The van der Waals surface area contributed by atoms with Crippen LogP contribution in [0.2, 0.25) is 0 Å². The molecule has 1 unspecified atom stereocenters. The maximum atomic E-state index is 8.88. The van der Waals surface area contributed by atoms with Crippen molar-refractivity contribution in [2.75, 3.05) is 6.61 Å². The summed E-state index contributed by atoms with van der Waals surface area (Å²) in [6.45, 7) is 1.65. The van der Waals surface area contributed by atoms with Crippen molar-refractivity contribution in [2.45, 2.75) is 12.5 Å². The average Bonchev–Trinajstić information content (AvgIpc) is 2.36. The zero-order valence-corrected chi connectivity index (χ0v) is 6.78. The molecule has 3 N–H and O–H groups in total. The Kier molecular flexibility index (Phi) is 1.97. The van der Waals surface area contributed by atoms with Gasteiger partial charge in [0, 0.05) is 13.2 Å². The Balaban J connectivity index is 2.92. The predicted molar refractivity (Wildman–Crippen MR) is 41.8 cm³/mol. The predicted octanol–water partition coefficient (Wildman–Crippen LogP) is -0.414. The first kappa shape index (κ1) is 8.23. The summed E-state index contributed by atoms with van der Waals surface area (Å²) in [5.41, 5.74) is 5.71. The lowest BCUT2D eigenvalue weighted by Gasteiger charge is -2.18. The van der Waals surface area contributed by atoms with E-state index in [9.17, 15) is 0 Å². The topological polar surface area (TPSA) is 64.1 Å². The van der Waals surface area contributed by atoms with E-state index in [2.05, 4.69) is 5.10 Å². The van der Waals surface area contributed by atoms with Gasteiger partial charge in [0.25, 0.3) is 0 Å². The number of aromatic nitrogens is 2. The van der Waals surface area contributed by atoms with Gasteiger partial charge in [0.1, 0.15) is 0 Å². The summed E-state index contributed by atoms with van der Waals surface area (Å²) in [5, 5.41) is 13.0. The molecule has 62 valence electrons. The van der Waals surface area contributed by atoms with Gasteiger partial charge in [-0.25, -0.2) is 0 Å². The van der Waals surface area contributed by atoms with Gasteiger partial charge in [0.05, 0.1) is 17.8 Å². The number of hydrogen-bond donors (Lipinski definition) is 2. The van der Waals surface area contributed by atoms with Gasteiger partial charge in [-0.05, 0) is 13.0 Å². The summed E-state index contributed by atoms with van der Waals surface area (Å²) >= 11 is 0. The van der Waals surface area contributed by atoms with Crippen LogP contribution in [0.5, 0.6) is 0 Å². The molecule has 1 atom stereocenters. The van der Waals surface area contributed by atoms with Crippen molar-refractivity contribution in [1.82, 2.24) is 9.78 Å². The van der Waals surface area contributed by atoms with Gasteiger partial charge < -0.3 is 10.8 Å². The number of aliphatic hydroxyl groups is 1. The van der Waals surface area contributed by atoms with Crippen molar-refractivity contribution in [3.8, 4) is 0 Å². The van der Waals surface area contributed by atoms with Crippen molar-refractivity contribution >= 4 is 0 Å². The van der Waals surface area contributed by atoms with Gasteiger partial charge in [-0.15, -0.1) is 0 Å². The van der Waals surface area contributed by atoms with Crippen LogP contribution in [0.1, 0.15) is 12.6 Å². The third-order valence-corrected chi connectivity index (χ3v) is 1.63. The lowest BCUT2D eigenvalue weighted by molar-refractivity contribution is 0.206. The second-order valence-electron chi connectivity index (χ2n) is 2.95. The van der Waals surface area contributed by atoms with Gasteiger partial charge in [0.15, 0.2) is 0 Å². The zero-order valence-electron chi connectivity index (χ0n) is 6.78. The van der Waals surface area contributed by atoms with Crippen LogP contribution < -0.4 is 5.73 Å². The van der Waals surface area contributed by atoms with Crippen LogP contribution in [-0.2, 0) is 12.6 Å². The monoisotopic (exact) mass is 155 g/mol. The SMILES string of the molecule is Cn1ccc(C(C)(N)CO)n1. The molecule has 0 aliphatic heterocycles. The Bertz CT molecular complexity index is 242. The maximum absolute atomic E-state index is 8.88. The molecule has 0 saturated heterocycles.